The third-order valence-electron chi connectivity index (χ3n) is 4.79. The Morgan fingerprint density at radius 3 is 2.58 bits per heavy atom. The van der Waals surface area contributed by atoms with E-state index in [2.05, 4.69) is 4.98 Å². The van der Waals surface area contributed by atoms with Gasteiger partial charge in [0.1, 0.15) is 11.4 Å². The van der Waals surface area contributed by atoms with Gasteiger partial charge < -0.3 is 18.8 Å². The molecule has 0 spiro atoms. The summed E-state index contributed by atoms with van der Waals surface area (Å²) in [5.41, 5.74) is -0.535. The molecule has 0 aromatic carbocycles. The molecule has 1 saturated heterocycles. The maximum Gasteiger partial charge on any atom is 0.360 e. The number of nitrogens with zero attached hydrogens (tertiary/aromatic N) is 2. The molecule has 0 saturated carbocycles. The Morgan fingerprint density at radius 1 is 1.38 bits per heavy atom. The Labute approximate surface area is 142 Å². The van der Waals surface area contributed by atoms with Crippen LogP contribution in [0.2, 0.25) is 0 Å². The lowest BCUT2D eigenvalue weighted by Gasteiger charge is -2.37. The number of rotatable bonds is 6. The lowest BCUT2D eigenvalue weighted by atomic mass is 9.91. The molecule has 1 aliphatic rings. The van der Waals surface area contributed by atoms with E-state index < -0.39 is 11.6 Å². The normalized spacial score (nSPS) is 18.2. The van der Waals surface area contributed by atoms with Gasteiger partial charge in [-0.05, 0) is 33.1 Å². The van der Waals surface area contributed by atoms with Crippen LogP contribution in [0.15, 0.2) is 10.8 Å². The number of amides is 1. The summed E-state index contributed by atoms with van der Waals surface area (Å²) in [6, 6.07) is 0. The zero-order chi connectivity index (χ0) is 17.7. The molecule has 2 heterocycles. The van der Waals surface area contributed by atoms with Crippen LogP contribution in [0.1, 0.15) is 62.2 Å². The molecule has 1 aromatic rings. The highest BCUT2D eigenvalue weighted by atomic mass is 16.5. The number of likely N-dealkylation sites (tertiary alicyclic amines) is 1. The summed E-state index contributed by atoms with van der Waals surface area (Å²) in [7, 11) is 1.56. The summed E-state index contributed by atoms with van der Waals surface area (Å²) >= 11 is 0. The fourth-order valence-electron chi connectivity index (χ4n) is 2.96. The minimum atomic E-state index is -0.783. The molecule has 7 nitrogen and oxygen atoms in total. The molecule has 0 bridgehead atoms. The molecule has 0 N–H and O–H groups in total. The third kappa shape index (κ3) is 3.61. The number of aromatic nitrogens is 1. The maximum atomic E-state index is 12.6. The van der Waals surface area contributed by atoms with E-state index >= 15 is 0 Å². The van der Waals surface area contributed by atoms with E-state index in [1.807, 2.05) is 18.7 Å². The van der Waals surface area contributed by atoms with Crippen LogP contribution in [0.25, 0.3) is 0 Å². The third-order valence-corrected chi connectivity index (χ3v) is 4.79. The van der Waals surface area contributed by atoms with Crippen molar-refractivity contribution in [2.24, 2.45) is 0 Å². The number of esters is 1. The maximum absolute atomic E-state index is 12.6. The van der Waals surface area contributed by atoms with Crippen molar-refractivity contribution in [3.63, 3.8) is 0 Å². The molecule has 1 amide bonds. The Bertz CT molecular complexity index is 571. The van der Waals surface area contributed by atoms with Crippen LogP contribution in [-0.2, 0) is 14.3 Å². The van der Waals surface area contributed by atoms with Gasteiger partial charge in [0, 0.05) is 26.1 Å². The topological polar surface area (TPSA) is 81.9 Å². The van der Waals surface area contributed by atoms with Gasteiger partial charge in [-0.2, -0.15) is 0 Å². The van der Waals surface area contributed by atoms with Gasteiger partial charge in [-0.1, -0.05) is 6.92 Å². The molecule has 1 aliphatic heterocycles. The van der Waals surface area contributed by atoms with Gasteiger partial charge in [-0.25, -0.2) is 9.78 Å². The average Bonchev–Trinajstić information content (AvgIpc) is 3.10. The van der Waals surface area contributed by atoms with Crippen molar-refractivity contribution < 1.29 is 23.5 Å². The fraction of sp³-hybridized carbons (Fsp3) is 0.706. The summed E-state index contributed by atoms with van der Waals surface area (Å²) in [6.07, 6.45) is 3.34. The van der Waals surface area contributed by atoms with E-state index in [1.165, 1.54) is 6.39 Å². The number of carbonyl (C=O) groups excluding carboxylic acids is 2. The zero-order valence-electron chi connectivity index (χ0n) is 14.8. The number of hydrogen-bond acceptors (Lipinski definition) is 6. The predicted molar refractivity (Wildman–Crippen MR) is 86.7 cm³/mol. The highest BCUT2D eigenvalue weighted by Gasteiger charge is 2.38. The van der Waals surface area contributed by atoms with Gasteiger partial charge in [0.25, 0.3) is 5.91 Å². The molecule has 134 valence electrons. The van der Waals surface area contributed by atoms with Gasteiger partial charge in [-0.3, -0.25) is 4.79 Å². The van der Waals surface area contributed by atoms with E-state index in [0.717, 1.165) is 12.8 Å². The lowest BCUT2D eigenvalue weighted by molar-refractivity contribution is -0.154. The zero-order valence-corrected chi connectivity index (χ0v) is 14.8. The number of methoxy groups -OCH3 is 1. The summed E-state index contributed by atoms with van der Waals surface area (Å²) < 4.78 is 15.8. The van der Waals surface area contributed by atoms with Crippen LogP contribution < -0.4 is 0 Å². The first-order valence-corrected chi connectivity index (χ1v) is 8.41. The Balaban J connectivity index is 2.02. The number of hydrogen-bond donors (Lipinski definition) is 0. The van der Waals surface area contributed by atoms with Gasteiger partial charge in [0.15, 0.2) is 12.1 Å². The largest absolute Gasteiger partial charge is 0.461 e. The van der Waals surface area contributed by atoms with Crippen molar-refractivity contribution in [2.45, 2.75) is 51.6 Å². The number of oxazole rings is 1. The Hall–Kier alpha value is -1.89. The SMILES string of the molecule is CCOC(=O)c1ncoc1C1CCN(C(=O)C(C)(CC)OC)CC1. The summed E-state index contributed by atoms with van der Waals surface area (Å²) in [6.45, 7) is 7.01. The number of ether oxygens (including phenoxy) is 2. The van der Waals surface area contributed by atoms with Crippen LogP contribution in [0.5, 0.6) is 0 Å². The second-order valence-electron chi connectivity index (χ2n) is 6.14. The first-order valence-electron chi connectivity index (χ1n) is 8.41. The van der Waals surface area contributed by atoms with E-state index in [4.69, 9.17) is 13.9 Å². The molecule has 24 heavy (non-hydrogen) atoms. The van der Waals surface area contributed by atoms with Crippen molar-refractivity contribution in [1.29, 1.82) is 0 Å². The van der Waals surface area contributed by atoms with Crippen LogP contribution in [0.4, 0.5) is 0 Å². The van der Waals surface area contributed by atoms with Crippen LogP contribution in [0, 0.1) is 0 Å². The average molecular weight is 338 g/mol. The minimum Gasteiger partial charge on any atom is -0.461 e. The van der Waals surface area contributed by atoms with Crippen LogP contribution in [-0.4, -0.2) is 54.2 Å². The van der Waals surface area contributed by atoms with Gasteiger partial charge in [0.05, 0.1) is 6.61 Å². The standard InChI is InChI=1S/C17H26N2O5/c1-5-17(3,22-4)16(21)19-9-7-12(8-10-19)14-13(18-11-24-14)15(20)23-6-2/h11-12H,5-10H2,1-4H3. The molecular weight excluding hydrogens is 312 g/mol. The first-order chi connectivity index (χ1) is 11.5. The Kier molecular flexibility index (Phi) is 5.99. The lowest BCUT2D eigenvalue weighted by Crippen LogP contribution is -2.50. The molecule has 7 heteroatoms. The summed E-state index contributed by atoms with van der Waals surface area (Å²) in [4.78, 5) is 30.4. The van der Waals surface area contributed by atoms with Gasteiger partial charge >= 0.3 is 5.97 Å². The molecule has 1 aromatic heterocycles. The summed E-state index contributed by atoms with van der Waals surface area (Å²) in [5.74, 6) is 0.170. The molecule has 2 rings (SSSR count). The second kappa shape index (κ2) is 7.79. The van der Waals surface area contributed by atoms with Crippen molar-refractivity contribution in [1.82, 2.24) is 9.88 Å². The molecular formula is C17H26N2O5. The molecule has 0 aliphatic carbocycles. The minimum absolute atomic E-state index is 0.00846. The predicted octanol–water partition coefficient (Wildman–Crippen LogP) is 2.37. The van der Waals surface area contributed by atoms with E-state index in [1.54, 1.807) is 14.0 Å². The van der Waals surface area contributed by atoms with Crippen molar-refractivity contribution >= 4 is 11.9 Å². The summed E-state index contributed by atoms with van der Waals surface area (Å²) in [5, 5.41) is 0. The number of piperidine rings is 1. The molecule has 1 atom stereocenters. The Morgan fingerprint density at radius 2 is 2.04 bits per heavy atom. The fourth-order valence-corrected chi connectivity index (χ4v) is 2.96. The second-order valence-corrected chi connectivity index (χ2v) is 6.14. The van der Waals surface area contributed by atoms with E-state index in [9.17, 15) is 9.59 Å². The smallest absolute Gasteiger partial charge is 0.360 e. The highest BCUT2D eigenvalue weighted by Crippen LogP contribution is 2.32. The van der Waals surface area contributed by atoms with Crippen molar-refractivity contribution in [3.8, 4) is 0 Å². The highest BCUT2D eigenvalue weighted by molar-refractivity contribution is 5.88. The van der Waals surface area contributed by atoms with E-state index in [-0.39, 0.29) is 17.5 Å². The monoisotopic (exact) mass is 338 g/mol. The van der Waals surface area contributed by atoms with Crippen molar-refractivity contribution in [2.75, 3.05) is 26.8 Å². The first kappa shape index (κ1) is 18.4. The van der Waals surface area contributed by atoms with Crippen molar-refractivity contribution in [3.05, 3.63) is 17.8 Å². The van der Waals surface area contributed by atoms with E-state index in [0.29, 0.717) is 31.9 Å². The van der Waals surface area contributed by atoms with Gasteiger partial charge in [0.2, 0.25) is 0 Å². The molecule has 1 unspecified atom stereocenters. The molecule has 0 radical (unpaired) electrons. The quantitative estimate of drug-likeness (QED) is 0.741. The number of carbonyl (C=O) groups is 2. The van der Waals surface area contributed by atoms with Crippen LogP contribution in [0.3, 0.4) is 0 Å². The van der Waals surface area contributed by atoms with Crippen LogP contribution >= 0.6 is 0 Å². The molecule has 1 fully saturated rings. The van der Waals surface area contributed by atoms with Gasteiger partial charge in [-0.15, -0.1) is 0 Å².